The number of benzene rings is 1. The monoisotopic (exact) mass is 266 g/mol. The van der Waals surface area contributed by atoms with Crippen molar-refractivity contribution >= 4 is 11.7 Å². The molecule has 1 atom stereocenters. The lowest BCUT2D eigenvalue weighted by atomic mass is 10.0. The van der Waals surface area contributed by atoms with Crippen LogP contribution in [0.25, 0.3) is 0 Å². The van der Waals surface area contributed by atoms with Crippen LogP contribution in [0, 0.1) is 23.0 Å². The van der Waals surface area contributed by atoms with E-state index in [1.54, 1.807) is 19.1 Å². The number of nitro benzene ring substituents is 1. The van der Waals surface area contributed by atoms with E-state index in [1.165, 1.54) is 6.07 Å². The first kappa shape index (κ1) is 15.1. The molecule has 1 aromatic rings. The molecule has 0 aliphatic rings. The highest BCUT2D eigenvalue weighted by atomic mass is 16.6. The lowest BCUT2D eigenvalue weighted by molar-refractivity contribution is -0.385. The van der Waals surface area contributed by atoms with Crippen molar-refractivity contribution in [3.8, 4) is 0 Å². The summed E-state index contributed by atoms with van der Waals surface area (Å²) in [7, 11) is 0. The molecule has 104 valence electrons. The fraction of sp³-hybridized carbons (Fsp3) is 0.462. The second-order valence-electron chi connectivity index (χ2n) is 4.82. The van der Waals surface area contributed by atoms with Gasteiger partial charge in [-0.25, -0.2) is 0 Å². The van der Waals surface area contributed by atoms with E-state index in [-0.39, 0.29) is 18.2 Å². The number of carboxylic acid groups (broad SMARTS) is 1. The second-order valence-corrected chi connectivity index (χ2v) is 4.82. The average molecular weight is 266 g/mol. The van der Waals surface area contributed by atoms with E-state index >= 15 is 0 Å². The number of hydrogen-bond donors (Lipinski definition) is 2. The van der Waals surface area contributed by atoms with Gasteiger partial charge in [-0.05, 0) is 18.4 Å². The van der Waals surface area contributed by atoms with Crippen LogP contribution in [-0.4, -0.2) is 22.0 Å². The number of nitrogens with one attached hydrogen (secondary N) is 1. The quantitative estimate of drug-likeness (QED) is 0.607. The molecule has 0 aliphatic heterocycles. The van der Waals surface area contributed by atoms with Gasteiger partial charge < -0.3 is 10.4 Å². The Hall–Kier alpha value is -1.95. The van der Waals surface area contributed by atoms with Gasteiger partial charge in [0.25, 0.3) is 5.69 Å². The standard InChI is InChI=1S/C13H18N2O4/c1-8(2)12(13(16)17)14-7-10-5-4-9(3)11(6-10)15(18)19/h4-6,8,12,14H,7H2,1-3H3,(H,16,17). The van der Waals surface area contributed by atoms with Gasteiger partial charge in [0.2, 0.25) is 0 Å². The Labute approximate surface area is 111 Å². The number of hydrogen-bond acceptors (Lipinski definition) is 4. The van der Waals surface area contributed by atoms with Crippen molar-refractivity contribution in [2.45, 2.75) is 33.4 Å². The largest absolute Gasteiger partial charge is 0.480 e. The minimum Gasteiger partial charge on any atom is -0.480 e. The molecule has 0 radical (unpaired) electrons. The Morgan fingerprint density at radius 2 is 2.11 bits per heavy atom. The van der Waals surface area contributed by atoms with Crippen LogP contribution in [0.2, 0.25) is 0 Å². The Morgan fingerprint density at radius 3 is 2.58 bits per heavy atom. The van der Waals surface area contributed by atoms with Gasteiger partial charge >= 0.3 is 5.97 Å². The van der Waals surface area contributed by atoms with Crippen LogP contribution < -0.4 is 5.32 Å². The molecular weight excluding hydrogens is 248 g/mol. The third-order valence-electron chi connectivity index (χ3n) is 2.93. The number of rotatable bonds is 6. The summed E-state index contributed by atoms with van der Waals surface area (Å²) in [6.45, 7) is 5.58. The molecule has 1 aromatic carbocycles. The van der Waals surface area contributed by atoms with E-state index in [1.807, 2.05) is 13.8 Å². The topological polar surface area (TPSA) is 92.5 Å². The van der Waals surface area contributed by atoms with E-state index < -0.39 is 16.9 Å². The number of carbonyl (C=O) groups is 1. The van der Waals surface area contributed by atoms with Crippen molar-refractivity contribution in [3.63, 3.8) is 0 Å². The summed E-state index contributed by atoms with van der Waals surface area (Å²) in [4.78, 5) is 21.4. The maximum atomic E-state index is 11.0. The predicted octanol–water partition coefficient (Wildman–Crippen LogP) is 2.10. The Morgan fingerprint density at radius 1 is 1.47 bits per heavy atom. The molecular formula is C13H18N2O4. The van der Waals surface area contributed by atoms with Crippen LogP contribution >= 0.6 is 0 Å². The van der Waals surface area contributed by atoms with Gasteiger partial charge in [-0.2, -0.15) is 0 Å². The van der Waals surface area contributed by atoms with Gasteiger partial charge in [-0.3, -0.25) is 14.9 Å². The summed E-state index contributed by atoms with van der Waals surface area (Å²) in [6, 6.07) is 4.23. The van der Waals surface area contributed by atoms with Crippen molar-refractivity contribution in [2.75, 3.05) is 0 Å². The van der Waals surface area contributed by atoms with Crippen LogP contribution in [0.3, 0.4) is 0 Å². The van der Waals surface area contributed by atoms with Gasteiger partial charge in [-0.1, -0.05) is 26.0 Å². The van der Waals surface area contributed by atoms with Gasteiger partial charge in [0.1, 0.15) is 6.04 Å². The zero-order chi connectivity index (χ0) is 14.6. The summed E-state index contributed by atoms with van der Waals surface area (Å²) < 4.78 is 0. The van der Waals surface area contributed by atoms with E-state index in [2.05, 4.69) is 5.32 Å². The molecule has 0 aliphatic carbocycles. The van der Waals surface area contributed by atoms with Gasteiger partial charge in [0.05, 0.1) is 4.92 Å². The molecule has 0 fully saturated rings. The number of carboxylic acids is 1. The molecule has 6 nitrogen and oxygen atoms in total. The molecule has 1 unspecified atom stereocenters. The van der Waals surface area contributed by atoms with Crippen LogP contribution in [0.15, 0.2) is 18.2 Å². The highest BCUT2D eigenvalue weighted by molar-refractivity contribution is 5.73. The van der Waals surface area contributed by atoms with E-state index in [9.17, 15) is 14.9 Å². The highest BCUT2D eigenvalue weighted by Crippen LogP contribution is 2.19. The Bertz CT molecular complexity index is 486. The normalized spacial score (nSPS) is 12.4. The first-order valence-electron chi connectivity index (χ1n) is 6.03. The zero-order valence-electron chi connectivity index (χ0n) is 11.2. The Balaban J connectivity index is 2.80. The van der Waals surface area contributed by atoms with E-state index in [4.69, 9.17) is 5.11 Å². The summed E-state index contributed by atoms with van der Waals surface area (Å²) in [5.74, 6) is -0.977. The molecule has 1 rings (SSSR count). The third kappa shape index (κ3) is 4.03. The minimum absolute atomic E-state index is 0.0516. The second kappa shape index (κ2) is 6.29. The number of aliphatic carboxylic acids is 1. The van der Waals surface area contributed by atoms with Crippen molar-refractivity contribution in [2.24, 2.45) is 5.92 Å². The third-order valence-corrected chi connectivity index (χ3v) is 2.93. The van der Waals surface area contributed by atoms with E-state index in [0.29, 0.717) is 11.1 Å². The molecule has 2 N–H and O–H groups in total. The zero-order valence-corrected chi connectivity index (χ0v) is 11.2. The molecule has 0 aromatic heterocycles. The molecule has 19 heavy (non-hydrogen) atoms. The maximum Gasteiger partial charge on any atom is 0.320 e. The number of nitrogens with zero attached hydrogens (tertiary/aromatic N) is 1. The van der Waals surface area contributed by atoms with Crippen molar-refractivity contribution in [1.82, 2.24) is 5.32 Å². The molecule has 0 bridgehead atoms. The summed E-state index contributed by atoms with van der Waals surface area (Å²) in [6.07, 6.45) is 0. The fourth-order valence-corrected chi connectivity index (χ4v) is 1.80. The summed E-state index contributed by atoms with van der Waals surface area (Å²) >= 11 is 0. The Kier molecular flexibility index (Phi) is 5.00. The first-order valence-corrected chi connectivity index (χ1v) is 6.03. The maximum absolute atomic E-state index is 11.0. The van der Waals surface area contributed by atoms with Crippen molar-refractivity contribution in [3.05, 3.63) is 39.4 Å². The lowest BCUT2D eigenvalue weighted by Crippen LogP contribution is -2.40. The van der Waals surface area contributed by atoms with Crippen LogP contribution in [0.5, 0.6) is 0 Å². The smallest absolute Gasteiger partial charge is 0.320 e. The van der Waals surface area contributed by atoms with E-state index in [0.717, 1.165) is 0 Å². The average Bonchev–Trinajstić information content (AvgIpc) is 2.30. The molecule has 0 saturated carbocycles. The van der Waals surface area contributed by atoms with Gasteiger partial charge in [-0.15, -0.1) is 0 Å². The van der Waals surface area contributed by atoms with Gasteiger partial charge in [0, 0.05) is 18.2 Å². The van der Waals surface area contributed by atoms with Crippen molar-refractivity contribution in [1.29, 1.82) is 0 Å². The minimum atomic E-state index is -0.920. The van der Waals surface area contributed by atoms with Crippen molar-refractivity contribution < 1.29 is 14.8 Å². The molecule has 0 spiro atoms. The summed E-state index contributed by atoms with van der Waals surface area (Å²) in [5.41, 5.74) is 1.34. The SMILES string of the molecule is Cc1ccc(CNC(C(=O)O)C(C)C)cc1[N+](=O)[O-]. The first-order chi connectivity index (χ1) is 8.82. The fourth-order valence-electron chi connectivity index (χ4n) is 1.80. The van der Waals surface area contributed by atoms with Crippen LogP contribution in [-0.2, 0) is 11.3 Å². The number of nitro groups is 1. The highest BCUT2D eigenvalue weighted by Gasteiger charge is 2.20. The predicted molar refractivity (Wildman–Crippen MR) is 70.9 cm³/mol. The molecule has 6 heteroatoms. The number of aryl methyl sites for hydroxylation is 1. The lowest BCUT2D eigenvalue weighted by Gasteiger charge is -2.17. The molecule has 0 heterocycles. The van der Waals surface area contributed by atoms with Gasteiger partial charge in [0.15, 0.2) is 0 Å². The molecule has 0 saturated heterocycles. The molecule has 0 amide bonds. The summed E-state index contributed by atoms with van der Waals surface area (Å²) in [5, 5.41) is 22.8. The van der Waals surface area contributed by atoms with Crippen LogP contribution in [0.1, 0.15) is 25.0 Å². The van der Waals surface area contributed by atoms with Crippen LogP contribution in [0.4, 0.5) is 5.69 Å².